The first-order chi connectivity index (χ1) is 5.13. The fourth-order valence-electron chi connectivity index (χ4n) is 0.964. The minimum absolute atomic E-state index is 0.381. The van der Waals surface area contributed by atoms with Crippen LogP contribution in [0.25, 0.3) is 0 Å². The molecule has 0 saturated carbocycles. The lowest BCUT2D eigenvalue weighted by molar-refractivity contribution is 0.862. The molecule has 0 saturated heterocycles. The summed E-state index contributed by atoms with van der Waals surface area (Å²) in [4.78, 5) is 3.96. The smallest absolute Gasteiger partial charge is 0.0737 e. The zero-order chi connectivity index (χ0) is 8.43. The Bertz CT molecular complexity index is 256. The van der Waals surface area contributed by atoms with Gasteiger partial charge in [0.2, 0.25) is 0 Å². The highest BCUT2D eigenvalue weighted by molar-refractivity contribution is 5.66. The van der Waals surface area contributed by atoms with E-state index < -0.39 is 0 Å². The second kappa shape index (κ2) is 2.78. The fraction of sp³-hybridized carbons (Fsp3) is 0.375. The van der Waals surface area contributed by atoms with Gasteiger partial charge in [-0.05, 0) is 11.5 Å². The number of pyridine rings is 1. The van der Waals surface area contributed by atoms with Crippen LogP contribution in [-0.4, -0.2) is 4.98 Å². The van der Waals surface area contributed by atoms with Crippen molar-refractivity contribution in [3.05, 3.63) is 18.0 Å². The van der Waals surface area contributed by atoms with Crippen molar-refractivity contribution in [2.24, 2.45) is 0 Å². The number of hydrogen-bond acceptors (Lipinski definition) is 3. The summed E-state index contributed by atoms with van der Waals surface area (Å²) in [7, 11) is 0. The molecule has 60 valence electrons. The lowest BCUT2D eigenvalue weighted by Gasteiger charge is -2.09. The standard InChI is InChI=1S/C8H13N3/c1-5(2)6-3-11-4-7(9)8(6)10/h3-5H,9H2,1-2H3,(H2,10,11). The zero-order valence-corrected chi connectivity index (χ0v) is 6.83. The van der Waals surface area contributed by atoms with E-state index in [1.54, 1.807) is 12.4 Å². The normalized spacial score (nSPS) is 10.5. The molecule has 0 radical (unpaired) electrons. The number of nitrogens with two attached hydrogens (primary N) is 2. The van der Waals surface area contributed by atoms with Gasteiger partial charge in [-0.1, -0.05) is 13.8 Å². The number of aromatic nitrogens is 1. The van der Waals surface area contributed by atoms with Crippen molar-refractivity contribution >= 4 is 11.4 Å². The molecule has 0 aromatic carbocycles. The van der Waals surface area contributed by atoms with E-state index in [2.05, 4.69) is 18.8 Å². The van der Waals surface area contributed by atoms with Crippen molar-refractivity contribution in [2.45, 2.75) is 19.8 Å². The Hall–Kier alpha value is -1.25. The first-order valence-electron chi connectivity index (χ1n) is 3.61. The molecule has 1 aromatic heterocycles. The van der Waals surface area contributed by atoms with E-state index in [1.807, 2.05) is 0 Å². The molecule has 0 aliphatic heterocycles. The summed E-state index contributed by atoms with van der Waals surface area (Å²) < 4.78 is 0. The van der Waals surface area contributed by atoms with Gasteiger partial charge in [0, 0.05) is 6.20 Å². The van der Waals surface area contributed by atoms with E-state index in [0.717, 1.165) is 5.56 Å². The summed E-state index contributed by atoms with van der Waals surface area (Å²) in [5.74, 6) is 0.381. The molecule has 3 heteroatoms. The minimum Gasteiger partial charge on any atom is -0.397 e. The van der Waals surface area contributed by atoms with Crippen LogP contribution in [0.4, 0.5) is 11.4 Å². The highest BCUT2D eigenvalue weighted by Gasteiger charge is 2.05. The van der Waals surface area contributed by atoms with Crippen LogP contribution < -0.4 is 11.5 Å². The van der Waals surface area contributed by atoms with Crippen molar-refractivity contribution < 1.29 is 0 Å². The molecule has 0 amide bonds. The Morgan fingerprint density at radius 3 is 2.36 bits per heavy atom. The number of nitrogen functional groups attached to an aromatic ring is 2. The Morgan fingerprint density at radius 2 is 1.91 bits per heavy atom. The first kappa shape index (κ1) is 7.85. The maximum absolute atomic E-state index is 5.72. The van der Waals surface area contributed by atoms with Crippen molar-refractivity contribution in [2.75, 3.05) is 11.5 Å². The largest absolute Gasteiger partial charge is 0.397 e. The molecule has 0 bridgehead atoms. The third kappa shape index (κ3) is 1.42. The monoisotopic (exact) mass is 151 g/mol. The quantitative estimate of drug-likeness (QED) is 0.637. The van der Waals surface area contributed by atoms with Gasteiger partial charge < -0.3 is 11.5 Å². The molecule has 4 N–H and O–H groups in total. The maximum atomic E-state index is 5.72. The second-order valence-electron chi connectivity index (χ2n) is 2.89. The first-order valence-corrected chi connectivity index (χ1v) is 3.61. The lowest BCUT2D eigenvalue weighted by atomic mass is 10.0. The number of nitrogens with zero attached hydrogens (tertiary/aromatic N) is 1. The Labute approximate surface area is 66.4 Å². The van der Waals surface area contributed by atoms with Crippen molar-refractivity contribution in [3.8, 4) is 0 Å². The summed E-state index contributed by atoms with van der Waals surface area (Å²) in [6.07, 6.45) is 3.33. The van der Waals surface area contributed by atoms with Crippen molar-refractivity contribution in [3.63, 3.8) is 0 Å². The van der Waals surface area contributed by atoms with Crippen LogP contribution in [0.2, 0.25) is 0 Å². The topological polar surface area (TPSA) is 64.9 Å². The zero-order valence-electron chi connectivity index (χ0n) is 6.83. The molecule has 0 aliphatic carbocycles. The maximum Gasteiger partial charge on any atom is 0.0737 e. The Kier molecular flexibility index (Phi) is 1.98. The van der Waals surface area contributed by atoms with Crippen molar-refractivity contribution in [1.29, 1.82) is 0 Å². The third-order valence-corrected chi connectivity index (χ3v) is 1.67. The summed E-state index contributed by atoms with van der Waals surface area (Å²) in [5, 5.41) is 0. The van der Waals surface area contributed by atoms with Crippen LogP contribution in [0.1, 0.15) is 25.3 Å². The van der Waals surface area contributed by atoms with Crippen LogP contribution in [-0.2, 0) is 0 Å². The Balaban J connectivity index is 3.17. The van der Waals surface area contributed by atoms with Crippen molar-refractivity contribution in [1.82, 2.24) is 4.98 Å². The highest BCUT2D eigenvalue weighted by Crippen LogP contribution is 2.24. The van der Waals surface area contributed by atoms with E-state index >= 15 is 0 Å². The number of rotatable bonds is 1. The average molecular weight is 151 g/mol. The van der Waals surface area contributed by atoms with E-state index in [-0.39, 0.29) is 0 Å². The molecule has 1 rings (SSSR count). The fourth-order valence-corrected chi connectivity index (χ4v) is 0.964. The van der Waals surface area contributed by atoms with E-state index in [1.165, 1.54) is 0 Å². The Morgan fingerprint density at radius 1 is 1.27 bits per heavy atom. The molecule has 1 heterocycles. The van der Waals surface area contributed by atoms with E-state index in [4.69, 9.17) is 11.5 Å². The molecular weight excluding hydrogens is 138 g/mol. The minimum atomic E-state index is 0.381. The van der Waals surface area contributed by atoms with Gasteiger partial charge >= 0.3 is 0 Å². The van der Waals surface area contributed by atoms with Gasteiger partial charge in [0.1, 0.15) is 0 Å². The van der Waals surface area contributed by atoms with Gasteiger partial charge in [0.15, 0.2) is 0 Å². The van der Waals surface area contributed by atoms with Gasteiger partial charge in [-0.2, -0.15) is 0 Å². The predicted octanol–water partition coefficient (Wildman–Crippen LogP) is 1.37. The van der Waals surface area contributed by atoms with Gasteiger partial charge in [-0.25, -0.2) is 0 Å². The number of hydrogen-bond donors (Lipinski definition) is 2. The highest BCUT2D eigenvalue weighted by atomic mass is 14.7. The molecule has 11 heavy (non-hydrogen) atoms. The third-order valence-electron chi connectivity index (χ3n) is 1.67. The van der Waals surface area contributed by atoms with Crippen LogP contribution >= 0.6 is 0 Å². The summed E-state index contributed by atoms with van der Waals surface area (Å²) >= 11 is 0. The van der Waals surface area contributed by atoms with Gasteiger partial charge in [0.25, 0.3) is 0 Å². The van der Waals surface area contributed by atoms with Crippen LogP contribution in [0.3, 0.4) is 0 Å². The van der Waals surface area contributed by atoms with Crippen LogP contribution in [0.5, 0.6) is 0 Å². The van der Waals surface area contributed by atoms with Gasteiger partial charge in [-0.15, -0.1) is 0 Å². The summed E-state index contributed by atoms with van der Waals surface area (Å²) in [6.45, 7) is 4.12. The van der Waals surface area contributed by atoms with Gasteiger partial charge in [0.05, 0.1) is 17.6 Å². The number of anilines is 2. The van der Waals surface area contributed by atoms with Gasteiger partial charge in [-0.3, -0.25) is 4.98 Å². The SMILES string of the molecule is CC(C)c1cncc(N)c1N. The van der Waals surface area contributed by atoms with E-state index in [0.29, 0.717) is 17.3 Å². The molecule has 0 fully saturated rings. The van der Waals surface area contributed by atoms with Crippen LogP contribution in [0, 0.1) is 0 Å². The van der Waals surface area contributed by atoms with E-state index in [9.17, 15) is 0 Å². The molecule has 3 nitrogen and oxygen atoms in total. The molecule has 0 unspecified atom stereocenters. The molecule has 1 aromatic rings. The summed E-state index contributed by atoms with van der Waals surface area (Å²) in [6, 6.07) is 0. The lowest BCUT2D eigenvalue weighted by Crippen LogP contribution is -2.01. The average Bonchev–Trinajstić information content (AvgIpc) is 1.94. The molecular formula is C8H13N3. The predicted molar refractivity (Wildman–Crippen MR) is 47.2 cm³/mol. The van der Waals surface area contributed by atoms with Crippen LogP contribution in [0.15, 0.2) is 12.4 Å². The molecule has 0 aliphatic rings. The summed E-state index contributed by atoms with van der Waals surface area (Å²) in [5.41, 5.74) is 13.5. The second-order valence-corrected chi connectivity index (χ2v) is 2.89. The molecule has 0 atom stereocenters. The molecule has 0 spiro atoms.